The van der Waals surface area contributed by atoms with E-state index in [1.165, 1.54) is 24.0 Å². The van der Waals surface area contributed by atoms with E-state index in [0.29, 0.717) is 33.7 Å². The number of hydrogen-bond donors (Lipinski definition) is 0. The molecule has 49 heavy (non-hydrogen) atoms. The van der Waals surface area contributed by atoms with E-state index in [1.54, 1.807) is 42.2 Å². The van der Waals surface area contributed by atoms with Gasteiger partial charge in [-0.2, -0.15) is 0 Å². The number of anilines is 1. The molecule has 254 valence electrons. The Kier molecular flexibility index (Phi) is 10.4. The van der Waals surface area contributed by atoms with Gasteiger partial charge in [0.05, 0.1) is 41.4 Å². The minimum Gasteiger partial charge on any atom is -0.460 e. The average Bonchev–Trinajstić information content (AvgIpc) is 3.82. The van der Waals surface area contributed by atoms with Gasteiger partial charge in [-0.05, 0) is 49.2 Å². The summed E-state index contributed by atoms with van der Waals surface area (Å²) in [7, 11) is 1.50. The number of benzene rings is 2. The smallest absolute Gasteiger partial charge is 0.379 e. The molecule has 12 heteroatoms. The molecule has 2 aromatic heterocycles. The topological polar surface area (TPSA) is 130 Å². The van der Waals surface area contributed by atoms with Gasteiger partial charge in [0.2, 0.25) is 5.76 Å². The van der Waals surface area contributed by atoms with Gasteiger partial charge < -0.3 is 23.5 Å². The first-order valence-corrected chi connectivity index (χ1v) is 17.1. The molecule has 2 aromatic carbocycles. The molecule has 1 amide bonds. The number of hydrogen-bond acceptors (Lipinski definition) is 10. The van der Waals surface area contributed by atoms with Gasteiger partial charge in [0.1, 0.15) is 16.9 Å². The van der Waals surface area contributed by atoms with Crippen LogP contribution in [-0.4, -0.2) is 49.3 Å². The zero-order valence-corrected chi connectivity index (χ0v) is 28.4. The van der Waals surface area contributed by atoms with E-state index >= 15 is 0 Å². The number of fused-ring (bicyclic) bond motifs is 2. The van der Waals surface area contributed by atoms with Gasteiger partial charge in [-0.25, -0.2) is 14.6 Å². The van der Waals surface area contributed by atoms with Crippen LogP contribution >= 0.6 is 11.3 Å². The lowest BCUT2D eigenvalue weighted by Crippen LogP contribution is -2.41. The van der Waals surface area contributed by atoms with Crippen LogP contribution in [0.1, 0.15) is 73.7 Å². The zero-order chi connectivity index (χ0) is 34.5. The molecule has 0 aliphatic carbocycles. The molecule has 0 saturated heterocycles. The van der Waals surface area contributed by atoms with E-state index in [0.717, 1.165) is 49.1 Å². The van der Waals surface area contributed by atoms with Crippen molar-refractivity contribution >= 4 is 40.4 Å². The summed E-state index contributed by atoms with van der Waals surface area (Å²) in [4.78, 5) is 61.4. The molecule has 1 atom stereocenters. The minimum absolute atomic E-state index is 0.00857. The Balaban J connectivity index is 1.43. The van der Waals surface area contributed by atoms with Crippen LogP contribution in [-0.2, 0) is 19.1 Å². The van der Waals surface area contributed by atoms with Gasteiger partial charge in [0, 0.05) is 19.2 Å². The van der Waals surface area contributed by atoms with Crippen LogP contribution in [0.15, 0.2) is 92.4 Å². The van der Waals surface area contributed by atoms with Crippen molar-refractivity contribution in [2.24, 2.45) is 4.99 Å². The number of unbranched alkanes of at least 4 members (excludes halogenated alkanes) is 4. The third kappa shape index (κ3) is 6.79. The summed E-state index contributed by atoms with van der Waals surface area (Å²) in [5.74, 6) is -1.24. The normalized spacial score (nSPS) is 16.3. The van der Waals surface area contributed by atoms with Crippen molar-refractivity contribution in [1.29, 1.82) is 0 Å². The van der Waals surface area contributed by atoms with Crippen molar-refractivity contribution in [3.63, 3.8) is 0 Å². The fourth-order valence-corrected chi connectivity index (χ4v) is 7.25. The number of nitrogens with zero attached hydrogens (tertiary/aromatic N) is 3. The van der Waals surface area contributed by atoms with Crippen LogP contribution in [0.3, 0.4) is 0 Å². The van der Waals surface area contributed by atoms with Crippen LogP contribution in [0, 0.1) is 0 Å². The second-order valence-corrected chi connectivity index (χ2v) is 12.7. The maximum atomic E-state index is 14.5. The number of para-hydroxylation sites is 1. The molecular formula is C37H37N3O8S. The predicted molar refractivity (Wildman–Crippen MR) is 183 cm³/mol. The van der Waals surface area contributed by atoms with Gasteiger partial charge in [-0.1, -0.05) is 74.3 Å². The number of rotatable bonds is 13. The largest absolute Gasteiger partial charge is 0.460 e. The van der Waals surface area contributed by atoms with Crippen LogP contribution in [0.25, 0.3) is 5.57 Å². The van der Waals surface area contributed by atoms with E-state index < -0.39 is 23.5 Å². The summed E-state index contributed by atoms with van der Waals surface area (Å²) < 4.78 is 22.9. The molecule has 0 unspecified atom stereocenters. The number of aromatic nitrogens is 1. The Bertz CT molecular complexity index is 2080. The van der Waals surface area contributed by atoms with Crippen molar-refractivity contribution in [2.45, 2.75) is 52.0 Å². The number of allylic oxidation sites excluding steroid dienone is 1. The fourth-order valence-electron chi connectivity index (χ4n) is 6.11. The lowest BCUT2D eigenvalue weighted by Gasteiger charge is -2.25. The van der Waals surface area contributed by atoms with Crippen LogP contribution in [0.4, 0.5) is 5.69 Å². The van der Waals surface area contributed by atoms with Crippen molar-refractivity contribution < 1.29 is 33.0 Å². The monoisotopic (exact) mass is 683 g/mol. The van der Waals surface area contributed by atoms with Crippen molar-refractivity contribution in [3.8, 4) is 5.75 Å². The quantitative estimate of drug-likeness (QED) is 0.110. The number of carbonyl (C=O) groups excluding carboxylic acids is 3. The summed E-state index contributed by atoms with van der Waals surface area (Å²) >= 11 is 1.12. The van der Waals surface area contributed by atoms with Crippen molar-refractivity contribution in [1.82, 2.24) is 4.57 Å². The maximum absolute atomic E-state index is 14.5. The lowest BCUT2D eigenvalue weighted by atomic mass is 9.96. The van der Waals surface area contributed by atoms with E-state index in [2.05, 4.69) is 11.9 Å². The SMILES string of the molecule is CCCCCCCN1C(=O)/C(=c2\sc3n(c2=O)[C@H](c2ccc(OC(=O)c4ccco4)cc2)C(C(=O)OCCOC)=C(C)N=3)c2ccccc21. The van der Waals surface area contributed by atoms with E-state index in [9.17, 15) is 19.2 Å². The van der Waals surface area contributed by atoms with E-state index in [-0.39, 0.29) is 40.7 Å². The number of carbonyl (C=O) groups is 3. The molecule has 6 rings (SSSR count). The van der Waals surface area contributed by atoms with Gasteiger partial charge in [-0.15, -0.1) is 0 Å². The number of methoxy groups -OCH3 is 1. The first kappa shape index (κ1) is 33.8. The van der Waals surface area contributed by atoms with Crippen LogP contribution < -0.4 is 24.5 Å². The first-order valence-electron chi connectivity index (χ1n) is 16.3. The Morgan fingerprint density at radius 3 is 2.45 bits per heavy atom. The molecule has 4 heterocycles. The molecule has 11 nitrogen and oxygen atoms in total. The molecule has 0 bridgehead atoms. The van der Waals surface area contributed by atoms with Crippen molar-refractivity contribution in [3.05, 3.63) is 115 Å². The molecule has 0 spiro atoms. The van der Waals surface area contributed by atoms with Crippen molar-refractivity contribution in [2.75, 3.05) is 31.8 Å². The van der Waals surface area contributed by atoms with E-state index in [4.69, 9.17) is 18.6 Å². The highest BCUT2D eigenvalue weighted by Gasteiger charge is 2.37. The molecule has 2 aliphatic heterocycles. The number of thiazole rings is 1. The molecular weight excluding hydrogens is 646 g/mol. The third-order valence-electron chi connectivity index (χ3n) is 8.50. The second-order valence-electron chi connectivity index (χ2n) is 11.7. The lowest BCUT2D eigenvalue weighted by molar-refractivity contribution is -0.140. The van der Waals surface area contributed by atoms with Crippen LogP contribution in [0.5, 0.6) is 5.75 Å². The summed E-state index contributed by atoms with van der Waals surface area (Å²) in [5, 5.41) is 0. The molecule has 0 N–H and O–H groups in total. The van der Waals surface area contributed by atoms with Gasteiger partial charge in [-0.3, -0.25) is 14.2 Å². The third-order valence-corrected chi connectivity index (χ3v) is 9.56. The molecule has 0 fully saturated rings. The molecule has 0 radical (unpaired) electrons. The zero-order valence-electron chi connectivity index (χ0n) is 27.6. The van der Waals surface area contributed by atoms with E-state index in [1.807, 2.05) is 24.3 Å². The number of amides is 1. The predicted octanol–water partition coefficient (Wildman–Crippen LogP) is 4.92. The fraction of sp³-hybridized carbons (Fsp3) is 0.324. The van der Waals surface area contributed by atoms with Crippen LogP contribution in [0.2, 0.25) is 0 Å². The summed E-state index contributed by atoms with van der Waals surface area (Å²) in [6, 6.07) is 16.2. The molecule has 2 aliphatic rings. The Hall–Kier alpha value is -5.07. The molecule has 4 aromatic rings. The highest BCUT2D eigenvalue weighted by Crippen LogP contribution is 2.36. The number of furan rings is 1. The number of ether oxygens (including phenoxy) is 3. The summed E-state index contributed by atoms with van der Waals surface area (Å²) in [6.07, 6.45) is 6.64. The highest BCUT2D eigenvalue weighted by atomic mass is 32.1. The van der Waals surface area contributed by atoms with Gasteiger partial charge in [0.25, 0.3) is 11.5 Å². The Morgan fingerprint density at radius 2 is 1.71 bits per heavy atom. The average molecular weight is 684 g/mol. The maximum Gasteiger partial charge on any atom is 0.379 e. The summed E-state index contributed by atoms with van der Waals surface area (Å²) in [5.41, 5.74) is 2.46. The summed E-state index contributed by atoms with van der Waals surface area (Å²) in [6.45, 7) is 4.61. The Labute approximate surface area is 286 Å². The van der Waals surface area contributed by atoms with Gasteiger partial charge >= 0.3 is 11.9 Å². The van der Waals surface area contributed by atoms with Gasteiger partial charge in [0.15, 0.2) is 4.80 Å². The molecule has 0 saturated carbocycles. The minimum atomic E-state index is -0.933. The highest BCUT2D eigenvalue weighted by molar-refractivity contribution is 7.07. The Morgan fingerprint density at radius 1 is 0.939 bits per heavy atom. The standard InChI is InChI=1S/C37H37N3O8S/c1-4-5-6-7-10-19-39-27-13-9-8-12-26(27)30(33(39)41)32-34(42)40-31(29(23(2)38-37(40)49-32)36(44)47-22-21-45-3)24-15-17-25(18-16-24)48-35(43)28-14-11-20-46-28/h8-9,11-18,20,31H,4-7,10,19,21-22H2,1-3H3/b32-30-/t31-/m1/s1. The number of esters is 2. The second kappa shape index (κ2) is 15.0. The first-order chi connectivity index (χ1) is 23.8.